The van der Waals surface area contributed by atoms with E-state index in [0.717, 1.165) is 19.3 Å². The normalized spacial score (nSPS) is 10.2. The molecule has 0 unspecified atom stereocenters. The number of aliphatic carboxylic acids is 1. The van der Waals surface area contributed by atoms with E-state index in [-0.39, 0.29) is 18.6 Å². The largest absolute Gasteiger partial charge is 0.481 e. The highest BCUT2D eigenvalue weighted by Gasteiger charge is 2.08. The molecule has 0 radical (unpaired) electrons. The number of carboxylic acids is 1. The van der Waals surface area contributed by atoms with Gasteiger partial charge in [0.2, 0.25) is 0 Å². The van der Waals surface area contributed by atoms with E-state index in [9.17, 15) is 9.59 Å². The summed E-state index contributed by atoms with van der Waals surface area (Å²) in [4.78, 5) is 22.0. The number of benzene rings is 2. The molecule has 0 aliphatic carbocycles. The Bertz CT molecular complexity index is 658. The second kappa shape index (κ2) is 12.0. The third kappa shape index (κ3) is 8.61. The van der Waals surface area contributed by atoms with Gasteiger partial charge in [0.15, 0.2) is 5.78 Å². The van der Waals surface area contributed by atoms with Crippen molar-refractivity contribution in [3.05, 3.63) is 71.3 Å². The van der Waals surface area contributed by atoms with Gasteiger partial charge in [-0.25, -0.2) is 0 Å². The molecule has 2 aromatic rings. The van der Waals surface area contributed by atoms with Gasteiger partial charge >= 0.3 is 5.97 Å². The van der Waals surface area contributed by atoms with Crippen molar-refractivity contribution in [3.63, 3.8) is 0 Å². The minimum Gasteiger partial charge on any atom is -0.481 e. The summed E-state index contributed by atoms with van der Waals surface area (Å²) >= 11 is 0. The number of unbranched alkanes of at least 4 members (excludes halogenated alkanes) is 1. The number of aryl methyl sites for hydroxylation is 1. The summed E-state index contributed by atoms with van der Waals surface area (Å²) < 4.78 is 0. The van der Waals surface area contributed by atoms with Crippen molar-refractivity contribution in [1.82, 2.24) is 0 Å². The minimum absolute atomic E-state index is 0.0731. The molecule has 140 valence electrons. The lowest BCUT2D eigenvalue weighted by molar-refractivity contribution is -0.136. The average molecular weight is 354 g/mol. The molecule has 2 rings (SSSR count). The molecule has 26 heavy (non-hydrogen) atoms. The Kier molecular flexibility index (Phi) is 9.99. The standard InChI is InChI=1S/C14H18O3.C9H12/c1-2-3-4-11-5-7-12(8-6-11)13(15)9-10-14(16)17;1-8(2)9-6-4-3-5-7-9/h5-8H,2-4,9-10H2,1H3,(H,16,17);3-8H,1-2H3. The van der Waals surface area contributed by atoms with E-state index in [1.54, 1.807) is 12.1 Å². The summed E-state index contributed by atoms with van der Waals surface area (Å²) in [6.07, 6.45) is 3.30. The first kappa shape index (κ1) is 21.6. The summed E-state index contributed by atoms with van der Waals surface area (Å²) in [6, 6.07) is 18.0. The Morgan fingerprint density at radius 3 is 2.00 bits per heavy atom. The van der Waals surface area contributed by atoms with Crippen LogP contribution in [0.5, 0.6) is 0 Å². The van der Waals surface area contributed by atoms with E-state index in [1.807, 2.05) is 18.2 Å². The zero-order chi connectivity index (χ0) is 19.4. The van der Waals surface area contributed by atoms with Gasteiger partial charge in [0.1, 0.15) is 0 Å². The van der Waals surface area contributed by atoms with Crippen molar-refractivity contribution in [3.8, 4) is 0 Å². The van der Waals surface area contributed by atoms with Crippen LogP contribution in [-0.2, 0) is 11.2 Å². The van der Waals surface area contributed by atoms with E-state index in [2.05, 4.69) is 45.0 Å². The zero-order valence-electron chi connectivity index (χ0n) is 16.1. The number of hydrogen-bond acceptors (Lipinski definition) is 2. The highest BCUT2D eigenvalue weighted by molar-refractivity contribution is 5.97. The second-order valence-corrected chi connectivity index (χ2v) is 6.68. The number of rotatable bonds is 8. The van der Waals surface area contributed by atoms with Crippen LogP contribution in [0, 0.1) is 0 Å². The molecule has 0 atom stereocenters. The lowest BCUT2D eigenvalue weighted by Crippen LogP contribution is -2.03. The first-order chi connectivity index (χ1) is 12.4. The molecule has 0 aliphatic rings. The molecular weight excluding hydrogens is 324 g/mol. The summed E-state index contributed by atoms with van der Waals surface area (Å²) in [5.41, 5.74) is 3.24. The SMILES string of the molecule is CC(C)c1ccccc1.CCCCc1ccc(C(=O)CCC(=O)O)cc1. The Morgan fingerprint density at radius 1 is 0.923 bits per heavy atom. The highest BCUT2D eigenvalue weighted by Crippen LogP contribution is 2.12. The monoisotopic (exact) mass is 354 g/mol. The molecule has 3 nitrogen and oxygen atoms in total. The lowest BCUT2D eigenvalue weighted by Gasteiger charge is -2.02. The van der Waals surface area contributed by atoms with Gasteiger partial charge in [0.05, 0.1) is 6.42 Å². The average Bonchev–Trinajstić information content (AvgIpc) is 2.66. The molecule has 0 spiro atoms. The van der Waals surface area contributed by atoms with Crippen molar-refractivity contribution in [2.75, 3.05) is 0 Å². The molecule has 3 heteroatoms. The zero-order valence-corrected chi connectivity index (χ0v) is 16.1. The molecule has 0 amide bonds. The summed E-state index contributed by atoms with van der Waals surface area (Å²) in [7, 11) is 0. The first-order valence-corrected chi connectivity index (χ1v) is 9.33. The molecule has 0 aliphatic heterocycles. The smallest absolute Gasteiger partial charge is 0.303 e. The minimum atomic E-state index is -0.932. The number of carboxylic acid groups (broad SMARTS) is 1. The first-order valence-electron chi connectivity index (χ1n) is 9.33. The summed E-state index contributed by atoms with van der Waals surface area (Å²) in [5, 5.41) is 8.50. The summed E-state index contributed by atoms with van der Waals surface area (Å²) in [5.74, 6) is -0.376. The van der Waals surface area contributed by atoms with Gasteiger partial charge < -0.3 is 5.11 Å². The molecule has 1 N–H and O–H groups in total. The maximum atomic E-state index is 11.6. The Morgan fingerprint density at radius 2 is 1.54 bits per heavy atom. The van der Waals surface area contributed by atoms with Crippen LogP contribution in [0.2, 0.25) is 0 Å². The molecule has 0 bridgehead atoms. The molecule has 0 heterocycles. The van der Waals surface area contributed by atoms with Gasteiger partial charge in [-0.1, -0.05) is 81.8 Å². The van der Waals surface area contributed by atoms with Crippen molar-refractivity contribution in [2.45, 2.75) is 58.8 Å². The van der Waals surface area contributed by atoms with Crippen LogP contribution >= 0.6 is 0 Å². The van der Waals surface area contributed by atoms with Crippen molar-refractivity contribution in [1.29, 1.82) is 0 Å². The topological polar surface area (TPSA) is 54.4 Å². The molecule has 0 aromatic heterocycles. The number of ketones is 1. The van der Waals surface area contributed by atoms with E-state index in [0.29, 0.717) is 11.5 Å². The van der Waals surface area contributed by atoms with Crippen LogP contribution in [-0.4, -0.2) is 16.9 Å². The van der Waals surface area contributed by atoms with Gasteiger partial charge in [-0.15, -0.1) is 0 Å². The third-order valence-corrected chi connectivity index (χ3v) is 4.13. The molecule has 2 aromatic carbocycles. The van der Waals surface area contributed by atoms with E-state index >= 15 is 0 Å². The Hall–Kier alpha value is -2.42. The number of carbonyl (C=O) groups is 2. The van der Waals surface area contributed by atoms with E-state index in [1.165, 1.54) is 11.1 Å². The van der Waals surface area contributed by atoms with E-state index in [4.69, 9.17) is 5.11 Å². The van der Waals surface area contributed by atoms with Crippen LogP contribution < -0.4 is 0 Å². The number of carbonyl (C=O) groups excluding carboxylic acids is 1. The van der Waals surface area contributed by atoms with Gasteiger partial charge in [0.25, 0.3) is 0 Å². The van der Waals surface area contributed by atoms with Crippen LogP contribution in [0.4, 0.5) is 0 Å². The predicted molar refractivity (Wildman–Crippen MR) is 107 cm³/mol. The van der Waals surface area contributed by atoms with Crippen LogP contribution in [0.25, 0.3) is 0 Å². The fourth-order valence-corrected chi connectivity index (χ4v) is 2.44. The maximum absolute atomic E-state index is 11.6. The van der Waals surface area contributed by atoms with Crippen molar-refractivity contribution < 1.29 is 14.7 Å². The fraction of sp³-hybridized carbons (Fsp3) is 0.391. The van der Waals surface area contributed by atoms with Gasteiger partial charge in [-0.3, -0.25) is 9.59 Å². The van der Waals surface area contributed by atoms with Gasteiger partial charge in [0, 0.05) is 12.0 Å². The van der Waals surface area contributed by atoms with Gasteiger partial charge in [-0.2, -0.15) is 0 Å². The molecule has 0 saturated heterocycles. The van der Waals surface area contributed by atoms with Gasteiger partial charge in [-0.05, 0) is 29.9 Å². The van der Waals surface area contributed by atoms with Crippen LogP contribution in [0.15, 0.2) is 54.6 Å². The molecule has 0 fully saturated rings. The maximum Gasteiger partial charge on any atom is 0.303 e. The van der Waals surface area contributed by atoms with E-state index < -0.39 is 5.97 Å². The predicted octanol–water partition coefficient (Wildman–Crippen LogP) is 5.89. The van der Waals surface area contributed by atoms with Crippen LogP contribution in [0.3, 0.4) is 0 Å². The number of hydrogen-bond donors (Lipinski definition) is 1. The van der Waals surface area contributed by atoms with Crippen molar-refractivity contribution in [2.24, 2.45) is 0 Å². The van der Waals surface area contributed by atoms with Crippen molar-refractivity contribution >= 4 is 11.8 Å². The second-order valence-electron chi connectivity index (χ2n) is 6.68. The Balaban J connectivity index is 0.000000314. The highest BCUT2D eigenvalue weighted by atomic mass is 16.4. The molecule has 0 saturated carbocycles. The molecular formula is C23H30O3. The quantitative estimate of drug-likeness (QED) is 0.602. The Labute approximate surface area is 157 Å². The fourth-order valence-electron chi connectivity index (χ4n) is 2.44. The number of Topliss-reactive ketones (excluding diaryl/α,β-unsaturated/α-hetero) is 1. The third-order valence-electron chi connectivity index (χ3n) is 4.13. The van der Waals surface area contributed by atoms with Crippen LogP contribution in [0.1, 0.15) is 73.9 Å². The summed E-state index contributed by atoms with van der Waals surface area (Å²) in [6.45, 7) is 6.55. The lowest BCUT2D eigenvalue weighted by atomic mass is 10.0.